The molecule has 88 valence electrons. The number of nitrogens with one attached hydrogen (secondary N) is 1. The maximum atomic E-state index is 11.6. The van der Waals surface area contributed by atoms with Gasteiger partial charge in [-0.3, -0.25) is 19.2 Å². The largest absolute Gasteiger partial charge is 0.353 e. The lowest BCUT2D eigenvalue weighted by atomic mass is 9.80. The van der Waals surface area contributed by atoms with Crippen molar-refractivity contribution < 1.29 is 19.2 Å². The number of Topliss-reactive ketones (excluding diaryl/α,β-unsaturated/α-hetero) is 3. The van der Waals surface area contributed by atoms with Crippen LogP contribution in [0.3, 0.4) is 0 Å². The minimum Gasteiger partial charge on any atom is -0.353 e. The van der Waals surface area contributed by atoms with Crippen LogP contribution in [0.15, 0.2) is 0 Å². The summed E-state index contributed by atoms with van der Waals surface area (Å²) in [7, 11) is 0. The SMILES string of the molecule is CCC(=O)C1C(=O)CC(NC(C)=O)CC1=O. The molecule has 0 unspecified atom stereocenters. The summed E-state index contributed by atoms with van der Waals surface area (Å²) in [5.41, 5.74) is 0. The van der Waals surface area contributed by atoms with E-state index >= 15 is 0 Å². The summed E-state index contributed by atoms with van der Waals surface area (Å²) in [5.74, 6) is -2.43. The van der Waals surface area contributed by atoms with Crippen molar-refractivity contribution in [3.05, 3.63) is 0 Å². The second kappa shape index (κ2) is 5.01. The first-order chi connectivity index (χ1) is 7.45. The van der Waals surface area contributed by atoms with E-state index in [-0.39, 0.29) is 42.5 Å². The van der Waals surface area contributed by atoms with Crippen LogP contribution in [-0.2, 0) is 19.2 Å². The topological polar surface area (TPSA) is 80.3 Å². The Bertz CT molecular complexity index is 330. The summed E-state index contributed by atoms with van der Waals surface area (Å²) in [6.07, 6.45) is 0.330. The Morgan fingerprint density at radius 2 is 1.75 bits per heavy atom. The van der Waals surface area contributed by atoms with E-state index < -0.39 is 12.0 Å². The normalized spacial score (nSPS) is 25.4. The van der Waals surface area contributed by atoms with Crippen LogP contribution in [0.1, 0.15) is 33.1 Å². The molecule has 0 aromatic heterocycles. The highest BCUT2D eigenvalue weighted by molar-refractivity contribution is 6.20. The molecule has 1 fully saturated rings. The van der Waals surface area contributed by atoms with E-state index in [2.05, 4.69) is 5.32 Å². The molecule has 1 aliphatic rings. The van der Waals surface area contributed by atoms with Crippen molar-refractivity contribution in [3.8, 4) is 0 Å². The van der Waals surface area contributed by atoms with Crippen molar-refractivity contribution >= 4 is 23.3 Å². The average molecular weight is 225 g/mol. The van der Waals surface area contributed by atoms with Crippen molar-refractivity contribution in [2.75, 3.05) is 0 Å². The lowest BCUT2D eigenvalue weighted by molar-refractivity contribution is -0.142. The van der Waals surface area contributed by atoms with Crippen LogP contribution in [0.25, 0.3) is 0 Å². The van der Waals surface area contributed by atoms with Gasteiger partial charge in [0.1, 0.15) is 5.92 Å². The number of ketones is 3. The van der Waals surface area contributed by atoms with E-state index in [0.717, 1.165) is 0 Å². The minimum atomic E-state index is -1.09. The minimum absolute atomic E-state index is 0.0712. The van der Waals surface area contributed by atoms with Gasteiger partial charge in [0.05, 0.1) is 0 Å². The monoisotopic (exact) mass is 225 g/mol. The van der Waals surface area contributed by atoms with E-state index in [1.165, 1.54) is 6.92 Å². The van der Waals surface area contributed by atoms with Gasteiger partial charge in [-0.05, 0) is 0 Å². The van der Waals surface area contributed by atoms with Crippen molar-refractivity contribution in [1.29, 1.82) is 0 Å². The summed E-state index contributed by atoms with van der Waals surface area (Å²) >= 11 is 0. The van der Waals surface area contributed by atoms with E-state index in [1.54, 1.807) is 6.92 Å². The molecule has 0 heterocycles. The summed E-state index contributed by atoms with van der Waals surface area (Å²) < 4.78 is 0. The molecule has 5 heteroatoms. The first kappa shape index (κ1) is 12.5. The van der Waals surface area contributed by atoms with E-state index in [4.69, 9.17) is 0 Å². The van der Waals surface area contributed by atoms with Crippen molar-refractivity contribution in [2.24, 2.45) is 5.92 Å². The summed E-state index contributed by atoms with van der Waals surface area (Å²) in [5, 5.41) is 2.53. The van der Waals surface area contributed by atoms with Crippen LogP contribution in [0.2, 0.25) is 0 Å². The lowest BCUT2D eigenvalue weighted by Gasteiger charge is -2.25. The van der Waals surface area contributed by atoms with Gasteiger partial charge in [-0.25, -0.2) is 0 Å². The van der Waals surface area contributed by atoms with Crippen LogP contribution < -0.4 is 5.32 Å². The molecule has 5 nitrogen and oxygen atoms in total. The van der Waals surface area contributed by atoms with Gasteiger partial charge in [0.2, 0.25) is 5.91 Å². The molecule has 1 N–H and O–H groups in total. The zero-order valence-corrected chi connectivity index (χ0v) is 9.41. The number of carbonyl (C=O) groups excluding carboxylic acids is 4. The standard InChI is InChI=1S/C11H15NO4/c1-3-8(14)11-9(15)4-7(5-10(11)16)12-6(2)13/h7,11H,3-5H2,1-2H3,(H,12,13). The number of carbonyl (C=O) groups is 4. The van der Waals surface area contributed by atoms with Gasteiger partial charge >= 0.3 is 0 Å². The van der Waals surface area contributed by atoms with Crippen molar-refractivity contribution in [2.45, 2.75) is 39.2 Å². The quantitative estimate of drug-likeness (QED) is 0.686. The third-order valence-electron chi connectivity index (χ3n) is 2.62. The van der Waals surface area contributed by atoms with E-state index in [1.807, 2.05) is 0 Å². The molecule has 1 saturated carbocycles. The van der Waals surface area contributed by atoms with Gasteiger partial charge in [0.25, 0.3) is 0 Å². The number of hydrogen-bond donors (Lipinski definition) is 1. The van der Waals surface area contributed by atoms with Gasteiger partial charge in [-0.15, -0.1) is 0 Å². The van der Waals surface area contributed by atoms with Crippen molar-refractivity contribution in [3.63, 3.8) is 0 Å². The second-order valence-electron chi connectivity index (χ2n) is 3.99. The molecule has 0 saturated heterocycles. The zero-order chi connectivity index (χ0) is 12.3. The number of hydrogen-bond acceptors (Lipinski definition) is 4. The maximum Gasteiger partial charge on any atom is 0.217 e. The first-order valence-electron chi connectivity index (χ1n) is 5.31. The molecule has 0 bridgehead atoms. The Morgan fingerprint density at radius 1 is 1.25 bits per heavy atom. The molecule has 1 amide bonds. The molecular formula is C11H15NO4. The van der Waals surface area contributed by atoms with Crippen LogP contribution in [0, 0.1) is 5.92 Å². The Labute approximate surface area is 93.6 Å². The molecule has 0 radical (unpaired) electrons. The van der Waals surface area contributed by atoms with Gasteiger partial charge in [0.15, 0.2) is 17.3 Å². The van der Waals surface area contributed by atoms with Gasteiger partial charge in [-0.2, -0.15) is 0 Å². The van der Waals surface area contributed by atoms with Gasteiger partial charge in [0, 0.05) is 32.2 Å². The highest BCUT2D eigenvalue weighted by Gasteiger charge is 2.39. The molecule has 0 aliphatic heterocycles. The second-order valence-corrected chi connectivity index (χ2v) is 3.99. The van der Waals surface area contributed by atoms with Crippen molar-refractivity contribution in [1.82, 2.24) is 5.32 Å². The highest BCUT2D eigenvalue weighted by Crippen LogP contribution is 2.20. The molecule has 0 atom stereocenters. The summed E-state index contributed by atoms with van der Waals surface area (Å²) in [6.45, 7) is 2.96. The lowest BCUT2D eigenvalue weighted by Crippen LogP contribution is -2.46. The zero-order valence-electron chi connectivity index (χ0n) is 9.41. The Hall–Kier alpha value is -1.52. The fourth-order valence-corrected chi connectivity index (χ4v) is 1.93. The molecule has 0 aromatic carbocycles. The molecule has 1 rings (SSSR count). The summed E-state index contributed by atoms with van der Waals surface area (Å²) in [4.78, 5) is 45.4. The first-order valence-corrected chi connectivity index (χ1v) is 5.31. The molecule has 1 aliphatic carbocycles. The average Bonchev–Trinajstić information content (AvgIpc) is 2.15. The van der Waals surface area contributed by atoms with Gasteiger partial charge < -0.3 is 5.32 Å². The predicted molar refractivity (Wildman–Crippen MR) is 55.6 cm³/mol. The van der Waals surface area contributed by atoms with E-state index in [0.29, 0.717) is 0 Å². The van der Waals surface area contributed by atoms with Crippen LogP contribution in [0.5, 0.6) is 0 Å². The molecule has 0 aromatic rings. The van der Waals surface area contributed by atoms with E-state index in [9.17, 15) is 19.2 Å². The van der Waals surface area contributed by atoms with Crippen LogP contribution in [0.4, 0.5) is 0 Å². The Balaban J connectivity index is 2.71. The highest BCUT2D eigenvalue weighted by atomic mass is 16.2. The smallest absolute Gasteiger partial charge is 0.217 e. The summed E-state index contributed by atoms with van der Waals surface area (Å²) in [6, 6.07) is -0.446. The third kappa shape index (κ3) is 2.74. The Morgan fingerprint density at radius 3 is 2.12 bits per heavy atom. The Kier molecular flexibility index (Phi) is 3.93. The van der Waals surface area contributed by atoms with Crippen LogP contribution >= 0.6 is 0 Å². The molecule has 16 heavy (non-hydrogen) atoms. The molecule has 0 spiro atoms. The number of rotatable bonds is 3. The fraction of sp³-hybridized carbons (Fsp3) is 0.636. The third-order valence-corrected chi connectivity index (χ3v) is 2.62. The molecular weight excluding hydrogens is 210 g/mol. The fourth-order valence-electron chi connectivity index (χ4n) is 1.93. The van der Waals surface area contributed by atoms with Gasteiger partial charge in [-0.1, -0.05) is 6.92 Å². The van der Waals surface area contributed by atoms with Crippen LogP contribution in [-0.4, -0.2) is 29.3 Å². The number of amides is 1. The predicted octanol–water partition coefficient (Wildman–Crippen LogP) is 0.0184. The maximum absolute atomic E-state index is 11.6.